The van der Waals surface area contributed by atoms with Gasteiger partial charge in [0.1, 0.15) is 12.1 Å². The van der Waals surface area contributed by atoms with Gasteiger partial charge in [0.05, 0.1) is 44.8 Å². The van der Waals surface area contributed by atoms with Gasteiger partial charge >= 0.3 is 0 Å². The fourth-order valence-corrected chi connectivity index (χ4v) is 9.29. The molecular formula is C57H33N5. The minimum atomic E-state index is 0.387. The largest absolute Gasteiger partial charge is 0.309 e. The Labute approximate surface area is 358 Å². The summed E-state index contributed by atoms with van der Waals surface area (Å²) in [5, 5.41) is 36.8. The second-order valence-corrected chi connectivity index (χ2v) is 15.4. The quantitative estimate of drug-likeness (QED) is 0.168. The first-order chi connectivity index (χ1) is 30.6. The lowest BCUT2D eigenvalue weighted by Crippen LogP contribution is -1.98. The van der Waals surface area contributed by atoms with Crippen molar-refractivity contribution in [2.75, 3.05) is 0 Å². The van der Waals surface area contributed by atoms with Crippen LogP contribution in [0.15, 0.2) is 200 Å². The van der Waals surface area contributed by atoms with E-state index in [9.17, 15) is 15.8 Å². The third-order valence-corrected chi connectivity index (χ3v) is 12.0. The Bertz CT molecular complexity index is 3690. The molecule has 0 aliphatic rings. The van der Waals surface area contributed by atoms with E-state index in [1.807, 2.05) is 97.1 Å². The predicted octanol–water partition coefficient (Wildman–Crippen LogP) is 14.2. The molecule has 5 heteroatoms. The molecule has 2 heterocycles. The van der Waals surface area contributed by atoms with E-state index in [4.69, 9.17) is 0 Å². The van der Waals surface area contributed by atoms with Crippen molar-refractivity contribution in [3.05, 3.63) is 217 Å². The highest BCUT2D eigenvalue weighted by atomic mass is 15.0. The third kappa shape index (κ3) is 5.68. The number of hydrogen-bond acceptors (Lipinski definition) is 3. The topological polar surface area (TPSA) is 81.2 Å². The van der Waals surface area contributed by atoms with E-state index < -0.39 is 0 Å². The van der Waals surface area contributed by atoms with Crippen LogP contribution in [0.3, 0.4) is 0 Å². The number of hydrogen-bond donors (Lipinski definition) is 0. The van der Waals surface area contributed by atoms with Crippen molar-refractivity contribution in [2.45, 2.75) is 0 Å². The minimum absolute atomic E-state index is 0.387. The molecule has 62 heavy (non-hydrogen) atoms. The Morgan fingerprint density at radius 2 is 0.790 bits per heavy atom. The highest BCUT2D eigenvalue weighted by Crippen LogP contribution is 2.44. The zero-order chi connectivity index (χ0) is 41.7. The molecule has 0 bridgehead atoms. The first kappa shape index (κ1) is 36.2. The second-order valence-electron chi connectivity index (χ2n) is 15.4. The van der Waals surface area contributed by atoms with Gasteiger partial charge in [-0.2, -0.15) is 15.8 Å². The van der Waals surface area contributed by atoms with Gasteiger partial charge in [0.25, 0.3) is 0 Å². The number of aromatic nitrogens is 2. The van der Waals surface area contributed by atoms with Crippen LogP contribution >= 0.6 is 0 Å². The van der Waals surface area contributed by atoms with E-state index in [1.165, 1.54) is 10.8 Å². The molecule has 0 amide bonds. The van der Waals surface area contributed by atoms with Gasteiger partial charge in [-0.25, -0.2) is 0 Å². The fourth-order valence-electron chi connectivity index (χ4n) is 9.29. The predicted molar refractivity (Wildman–Crippen MR) is 251 cm³/mol. The maximum absolute atomic E-state index is 10.8. The van der Waals surface area contributed by atoms with Gasteiger partial charge in [-0.1, -0.05) is 140 Å². The van der Waals surface area contributed by atoms with Crippen LogP contribution in [-0.4, -0.2) is 9.13 Å². The maximum atomic E-state index is 10.8. The lowest BCUT2D eigenvalue weighted by atomic mass is 9.83. The average molecular weight is 788 g/mol. The van der Waals surface area contributed by atoms with Gasteiger partial charge < -0.3 is 9.13 Å². The standard InChI is InChI=1S/C57H33N5/c58-34-41-29-39(48-31-47(37-15-5-1-6-16-37)51(35-59)57(52(48)36-60)38-17-7-2-8-18-38)25-27-44(41)40-26-28-46-50-32-49-45-23-13-14-24-53(45)61(42-19-9-3-10-20-42)55(49)33-56(50)62(54(46)30-40)43-21-11-4-12-22-43/h1-33H. The third-order valence-electron chi connectivity index (χ3n) is 12.0. The van der Waals surface area contributed by atoms with Gasteiger partial charge in [-0.05, 0) is 88.5 Å². The number of para-hydroxylation sites is 3. The van der Waals surface area contributed by atoms with Crippen molar-refractivity contribution in [3.63, 3.8) is 0 Å². The summed E-state index contributed by atoms with van der Waals surface area (Å²) in [5.41, 5.74) is 13.8. The van der Waals surface area contributed by atoms with Gasteiger partial charge in [0.2, 0.25) is 0 Å². The minimum Gasteiger partial charge on any atom is -0.309 e. The molecular weight excluding hydrogens is 755 g/mol. The Hall–Kier alpha value is -8.95. The fraction of sp³-hybridized carbons (Fsp3) is 0. The summed E-state index contributed by atoms with van der Waals surface area (Å²) in [7, 11) is 0. The van der Waals surface area contributed by atoms with E-state index in [1.54, 1.807) is 0 Å². The number of nitriles is 3. The van der Waals surface area contributed by atoms with Crippen LogP contribution in [0.4, 0.5) is 0 Å². The van der Waals surface area contributed by atoms with Crippen LogP contribution in [0.2, 0.25) is 0 Å². The molecule has 0 aliphatic heterocycles. The number of nitrogens with zero attached hydrogens (tertiary/aromatic N) is 5. The maximum Gasteiger partial charge on any atom is 0.100 e. The van der Waals surface area contributed by atoms with E-state index in [0.29, 0.717) is 27.8 Å². The Morgan fingerprint density at radius 1 is 0.306 bits per heavy atom. The molecule has 0 atom stereocenters. The molecule has 286 valence electrons. The van der Waals surface area contributed by atoms with Crippen molar-refractivity contribution < 1.29 is 0 Å². The normalized spacial score (nSPS) is 11.2. The SMILES string of the molecule is N#Cc1cc(-c2cc(-c3ccccc3)c(C#N)c(-c3ccccc3)c2C#N)ccc1-c1ccc2c3cc4c5ccccc5n(-c5ccccc5)c4cc3n(-c3ccccc3)c2c1. The van der Waals surface area contributed by atoms with E-state index in [2.05, 4.69) is 130 Å². The zero-order valence-electron chi connectivity index (χ0n) is 33.3. The van der Waals surface area contributed by atoms with Crippen LogP contribution in [0.25, 0.3) is 99.5 Å². The molecule has 0 aliphatic carbocycles. The lowest BCUT2D eigenvalue weighted by Gasteiger charge is -2.17. The summed E-state index contributed by atoms with van der Waals surface area (Å²) >= 11 is 0. The van der Waals surface area contributed by atoms with Crippen LogP contribution < -0.4 is 0 Å². The van der Waals surface area contributed by atoms with Crippen LogP contribution in [0.1, 0.15) is 16.7 Å². The molecule has 0 unspecified atom stereocenters. The van der Waals surface area contributed by atoms with E-state index >= 15 is 0 Å². The monoisotopic (exact) mass is 787 g/mol. The first-order valence-corrected chi connectivity index (χ1v) is 20.4. The number of rotatable bonds is 6. The lowest BCUT2D eigenvalue weighted by molar-refractivity contribution is 1.16. The summed E-state index contributed by atoms with van der Waals surface area (Å²) < 4.78 is 4.67. The molecule has 11 rings (SSSR count). The summed E-state index contributed by atoms with van der Waals surface area (Å²) in [6.45, 7) is 0. The molecule has 0 N–H and O–H groups in total. The van der Waals surface area contributed by atoms with Crippen LogP contribution in [0.5, 0.6) is 0 Å². The summed E-state index contributed by atoms with van der Waals surface area (Å²) in [4.78, 5) is 0. The molecule has 0 saturated heterocycles. The molecule has 0 fully saturated rings. The summed E-state index contributed by atoms with van der Waals surface area (Å²) in [5.74, 6) is 0. The van der Waals surface area contributed by atoms with Crippen LogP contribution in [0, 0.1) is 34.0 Å². The van der Waals surface area contributed by atoms with Gasteiger partial charge in [0.15, 0.2) is 0 Å². The van der Waals surface area contributed by atoms with Crippen molar-refractivity contribution >= 4 is 43.6 Å². The zero-order valence-corrected chi connectivity index (χ0v) is 33.3. The molecule has 0 spiro atoms. The van der Waals surface area contributed by atoms with Crippen molar-refractivity contribution in [3.8, 4) is 74.1 Å². The summed E-state index contributed by atoms with van der Waals surface area (Å²) in [6.07, 6.45) is 0. The van der Waals surface area contributed by atoms with Crippen molar-refractivity contribution in [2.24, 2.45) is 0 Å². The van der Waals surface area contributed by atoms with Gasteiger partial charge in [0, 0.05) is 49.6 Å². The molecule has 2 aromatic heterocycles. The van der Waals surface area contributed by atoms with Crippen LogP contribution in [-0.2, 0) is 0 Å². The Balaban J connectivity index is 1.13. The highest BCUT2D eigenvalue weighted by Gasteiger charge is 2.23. The smallest absolute Gasteiger partial charge is 0.100 e. The summed E-state index contributed by atoms with van der Waals surface area (Å²) in [6, 6.07) is 75.2. The first-order valence-electron chi connectivity index (χ1n) is 20.4. The highest BCUT2D eigenvalue weighted by molar-refractivity contribution is 6.19. The molecule has 0 radical (unpaired) electrons. The number of fused-ring (bicyclic) bond motifs is 6. The average Bonchev–Trinajstić information content (AvgIpc) is 3.84. The van der Waals surface area contributed by atoms with Gasteiger partial charge in [-0.15, -0.1) is 0 Å². The van der Waals surface area contributed by atoms with Crippen molar-refractivity contribution in [1.82, 2.24) is 9.13 Å². The van der Waals surface area contributed by atoms with Crippen molar-refractivity contribution in [1.29, 1.82) is 15.8 Å². The van der Waals surface area contributed by atoms with E-state index in [0.717, 1.165) is 77.6 Å². The van der Waals surface area contributed by atoms with E-state index in [-0.39, 0.29) is 0 Å². The number of benzene rings is 9. The molecule has 0 saturated carbocycles. The molecule has 5 nitrogen and oxygen atoms in total. The molecule has 11 aromatic rings. The Kier molecular flexibility index (Phi) is 8.57. The van der Waals surface area contributed by atoms with Gasteiger partial charge in [-0.3, -0.25) is 0 Å². The second kappa shape index (κ2) is 14.7. The molecule has 9 aromatic carbocycles. The Morgan fingerprint density at radius 3 is 1.40 bits per heavy atom.